The third-order valence-electron chi connectivity index (χ3n) is 3.10. The van der Waals surface area contributed by atoms with E-state index in [1.165, 1.54) is 24.6 Å². The van der Waals surface area contributed by atoms with Crippen molar-refractivity contribution >= 4 is 11.8 Å². The standard InChI is InChI=1S/C12H24O5S/c1-2-3-4-5-6-18-12-10(16)9(15)11(17-12)8(14)7-13/h8-16H,2-7H2,1H3/t8-,9-,10-,11+,12+/m1/s1. The highest BCUT2D eigenvalue weighted by molar-refractivity contribution is 7.99. The van der Waals surface area contributed by atoms with Crippen molar-refractivity contribution < 1.29 is 25.2 Å². The lowest BCUT2D eigenvalue weighted by Crippen LogP contribution is -2.40. The van der Waals surface area contributed by atoms with Crippen LogP contribution in [0.25, 0.3) is 0 Å². The number of hydrogen-bond donors (Lipinski definition) is 4. The van der Waals surface area contributed by atoms with Gasteiger partial charge in [0.05, 0.1) is 6.61 Å². The van der Waals surface area contributed by atoms with Gasteiger partial charge in [0, 0.05) is 0 Å². The monoisotopic (exact) mass is 280 g/mol. The maximum absolute atomic E-state index is 9.79. The Labute approximate surface area is 112 Å². The van der Waals surface area contributed by atoms with E-state index in [4.69, 9.17) is 9.84 Å². The zero-order valence-electron chi connectivity index (χ0n) is 10.7. The number of rotatable bonds is 8. The molecule has 108 valence electrons. The molecule has 0 spiro atoms. The van der Waals surface area contributed by atoms with E-state index in [0.29, 0.717) is 0 Å². The van der Waals surface area contributed by atoms with Crippen LogP contribution in [0.15, 0.2) is 0 Å². The lowest BCUT2D eigenvalue weighted by Gasteiger charge is -2.18. The van der Waals surface area contributed by atoms with Crippen LogP contribution in [0.1, 0.15) is 32.6 Å². The van der Waals surface area contributed by atoms with E-state index in [-0.39, 0.29) is 0 Å². The lowest BCUT2D eigenvalue weighted by molar-refractivity contribution is -0.0713. The van der Waals surface area contributed by atoms with E-state index < -0.39 is 36.5 Å². The summed E-state index contributed by atoms with van der Waals surface area (Å²) in [5.74, 6) is 0.858. The molecule has 0 amide bonds. The quantitative estimate of drug-likeness (QED) is 0.472. The summed E-state index contributed by atoms with van der Waals surface area (Å²) < 4.78 is 5.40. The summed E-state index contributed by atoms with van der Waals surface area (Å²) in [6, 6.07) is 0. The van der Waals surface area contributed by atoms with Crippen LogP contribution >= 0.6 is 11.8 Å². The van der Waals surface area contributed by atoms with Gasteiger partial charge in [-0.1, -0.05) is 26.2 Å². The molecule has 1 fully saturated rings. The van der Waals surface area contributed by atoms with Crippen LogP contribution < -0.4 is 0 Å². The highest BCUT2D eigenvalue weighted by Gasteiger charge is 2.45. The van der Waals surface area contributed by atoms with Crippen LogP contribution in [0.2, 0.25) is 0 Å². The van der Waals surface area contributed by atoms with Crippen LogP contribution in [0.4, 0.5) is 0 Å². The molecule has 1 aliphatic heterocycles. The summed E-state index contributed by atoms with van der Waals surface area (Å²) in [7, 11) is 0. The van der Waals surface area contributed by atoms with E-state index in [9.17, 15) is 15.3 Å². The molecule has 0 aliphatic carbocycles. The molecule has 5 nitrogen and oxygen atoms in total. The highest BCUT2D eigenvalue weighted by Crippen LogP contribution is 2.31. The largest absolute Gasteiger partial charge is 0.394 e. The Morgan fingerprint density at radius 3 is 2.50 bits per heavy atom. The van der Waals surface area contributed by atoms with Gasteiger partial charge in [-0.3, -0.25) is 0 Å². The van der Waals surface area contributed by atoms with E-state index >= 15 is 0 Å². The van der Waals surface area contributed by atoms with Crippen molar-refractivity contribution in [3.05, 3.63) is 0 Å². The molecular formula is C12H24O5S. The Balaban J connectivity index is 2.30. The summed E-state index contributed by atoms with van der Waals surface area (Å²) in [4.78, 5) is 0. The number of aliphatic hydroxyl groups excluding tert-OH is 4. The highest BCUT2D eigenvalue weighted by atomic mass is 32.2. The Hall–Kier alpha value is 0.150. The lowest BCUT2D eigenvalue weighted by atomic mass is 10.1. The summed E-state index contributed by atoms with van der Waals surface area (Å²) >= 11 is 1.45. The van der Waals surface area contributed by atoms with Gasteiger partial charge in [0.1, 0.15) is 29.9 Å². The molecule has 1 saturated heterocycles. The first kappa shape index (κ1) is 16.2. The van der Waals surface area contributed by atoms with Gasteiger partial charge >= 0.3 is 0 Å². The molecule has 0 aromatic carbocycles. The van der Waals surface area contributed by atoms with E-state index in [1.807, 2.05) is 0 Å². The molecule has 0 aromatic heterocycles. The molecule has 4 N–H and O–H groups in total. The summed E-state index contributed by atoms with van der Waals surface area (Å²) in [5.41, 5.74) is -0.521. The van der Waals surface area contributed by atoms with Crippen molar-refractivity contribution in [1.82, 2.24) is 0 Å². The zero-order chi connectivity index (χ0) is 13.5. The number of unbranched alkanes of at least 4 members (excludes halogenated alkanes) is 3. The first-order chi connectivity index (χ1) is 8.61. The number of ether oxygens (including phenoxy) is 1. The van der Waals surface area contributed by atoms with Crippen molar-refractivity contribution in [2.45, 2.75) is 62.5 Å². The third-order valence-corrected chi connectivity index (χ3v) is 4.35. The Morgan fingerprint density at radius 2 is 1.89 bits per heavy atom. The Bertz CT molecular complexity index is 229. The molecule has 1 aliphatic rings. The molecule has 5 atom stereocenters. The fourth-order valence-corrected chi connectivity index (χ4v) is 3.13. The van der Waals surface area contributed by atoms with E-state index in [0.717, 1.165) is 18.6 Å². The minimum absolute atomic E-state index is 0.484. The molecule has 0 aromatic rings. The second-order valence-electron chi connectivity index (χ2n) is 4.63. The maximum atomic E-state index is 9.79. The Morgan fingerprint density at radius 1 is 1.17 bits per heavy atom. The van der Waals surface area contributed by atoms with Crippen molar-refractivity contribution in [2.75, 3.05) is 12.4 Å². The van der Waals surface area contributed by atoms with Gasteiger partial charge in [0.2, 0.25) is 0 Å². The van der Waals surface area contributed by atoms with Gasteiger partial charge in [-0.15, -0.1) is 11.8 Å². The molecule has 1 heterocycles. The Kier molecular flexibility index (Phi) is 7.51. The van der Waals surface area contributed by atoms with Gasteiger partial charge in [-0.2, -0.15) is 0 Å². The van der Waals surface area contributed by atoms with Crippen molar-refractivity contribution in [3.63, 3.8) is 0 Å². The van der Waals surface area contributed by atoms with Gasteiger partial charge < -0.3 is 25.2 Å². The molecular weight excluding hydrogens is 256 g/mol. The fourth-order valence-electron chi connectivity index (χ4n) is 1.96. The molecule has 1 rings (SSSR count). The van der Waals surface area contributed by atoms with E-state index in [2.05, 4.69) is 6.92 Å². The van der Waals surface area contributed by atoms with Gasteiger partial charge in [0.25, 0.3) is 0 Å². The topological polar surface area (TPSA) is 90.2 Å². The molecule has 0 unspecified atom stereocenters. The van der Waals surface area contributed by atoms with Crippen molar-refractivity contribution in [1.29, 1.82) is 0 Å². The van der Waals surface area contributed by atoms with Crippen LogP contribution in [0.3, 0.4) is 0 Å². The molecule has 6 heteroatoms. The second kappa shape index (κ2) is 8.35. The molecule has 18 heavy (non-hydrogen) atoms. The van der Waals surface area contributed by atoms with Gasteiger partial charge in [-0.05, 0) is 12.2 Å². The predicted octanol–water partition coefficient (Wildman–Crippen LogP) is 0.0998. The molecule has 0 radical (unpaired) electrons. The summed E-state index contributed by atoms with van der Waals surface area (Å²) in [5, 5.41) is 37.8. The van der Waals surface area contributed by atoms with Crippen molar-refractivity contribution in [3.8, 4) is 0 Å². The van der Waals surface area contributed by atoms with Gasteiger partial charge in [-0.25, -0.2) is 0 Å². The molecule has 0 saturated carbocycles. The fraction of sp³-hybridized carbons (Fsp3) is 1.00. The van der Waals surface area contributed by atoms with Gasteiger partial charge in [0.15, 0.2) is 0 Å². The van der Waals surface area contributed by atoms with Crippen LogP contribution in [-0.2, 0) is 4.74 Å². The number of thioether (sulfide) groups is 1. The summed E-state index contributed by atoms with van der Waals surface area (Å²) in [6.45, 7) is 1.66. The molecule has 0 bridgehead atoms. The predicted molar refractivity (Wildman–Crippen MR) is 70.4 cm³/mol. The smallest absolute Gasteiger partial charge is 0.132 e. The zero-order valence-corrected chi connectivity index (χ0v) is 11.6. The average Bonchev–Trinajstić information content (AvgIpc) is 2.66. The maximum Gasteiger partial charge on any atom is 0.132 e. The first-order valence-corrected chi connectivity index (χ1v) is 7.58. The van der Waals surface area contributed by atoms with Crippen LogP contribution in [-0.4, -0.2) is 62.6 Å². The minimum atomic E-state index is -1.15. The SMILES string of the molecule is CCCCCCS[C@@H]1O[C@@H]([C@H](O)CO)[C@H](O)[C@H]1O. The second-order valence-corrected chi connectivity index (χ2v) is 5.84. The van der Waals surface area contributed by atoms with Crippen molar-refractivity contribution in [2.24, 2.45) is 0 Å². The number of aliphatic hydroxyl groups is 4. The van der Waals surface area contributed by atoms with Crippen LogP contribution in [0, 0.1) is 0 Å². The number of hydrogen-bond acceptors (Lipinski definition) is 6. The third kappa shape index (κ3) is 4.36. The summed E-state index contributed by atoms with van der Waals surface area (Å²) in [6.07, 6.45) is 0.373. The normalized spacial score (nSPS) is 33.8. The average molecular weight is 280 g/mol. The van der Waals surface area contributed by atoms with E-state index in [1.54, 1.807) is 0 Å². The first-order valence-electron chi connectivity index (χ1n) is 6.54. The minimum Gasteiger partial charge on any atom is -0.394 e. The van der Waals surface area contributed by atoms with Crippen LogP contribution in [0.5, 0.6) is 0 Å².